The van der Waals surface area contributed by atoms with Crippen LogP contribution >= 0.6 is 11.8 Å². The number of amides is 2. The number of benzene rings is 1. The molecule has 1 aromatic rings. The van der Waals surface area contributed by atoms with Gasteiger partial charge in [0.05, 0.1) is 5.75 Å². The average molecular weight is 288 g/mol. The molecule has 2 rings (SSSR count). The smallest absolute Gasteiger partial charge is 0.299 e. The van der Waals surface area contributed by atoms with Crippen molar-refractivity contribution in [3.63, 3.8) is 0 Å². The van der Waals surface area contributed by atoms with E-state index in [1.807, 2.05) is 31.2 Å². The highest BCUT2D eigenvalue weighted by atomic mass is 32.2. The van der Waals surface area contributed by atoms with Gasteiger partial charge in [0.25, 0.3) is 5.91 Å². The summed E-state index contributed by atoms with van der Waals surface area (Å²) in [6.45, 7) is 5.35. The van der Waals surface area contributed by atoms with Gasteiger partial charge in [0.2, 0.25) is 11.1 Å². The minimum absolute atomic E-state index is 0.00143. The number of azo groups is 1. The van der Waals surface area contributed by atoms with Crippen LogP contribution < -0.4 is 5.32 Å². The first kappa shape index (κ1) is 14.1. The molecule has 1 aliphatic rings. The normalized spacial score (nSPS) is 14.2. The van der Waals surface area contributed by atoms with E-state index < -0.39 is 5.91 Å². The standard InChI is InChI=1S/C13H12N4O2S/c1-8-3-5-10(6-4-8)14-11(18)7-20-13-15-12(19)9(2)16-17-13/h3-6H,2,7H2,1H3,(H,14,18). The molecule has 0 saturated heterocycles. The van der Waals surface area contributed by atoms with Crippen LogP contribution in [0.2, 0.25) is 0 Å². The molecule has 0 saturated carbocycles. The van der Waals surface area contributed by atoms with Crippen LogP contribution in [0.4, 0.5) is 5.69 Å². The summed E-state index contributed by atoms with van der Waals surface area (Å²) in [6, 6.07) is 7.46. The molecular formula is C13H12N4O2S. The van der Waals surface area contributed by atoms with Crippen LogP contribution in [0.3, 0.4) is 0 Å². The zero-order chi connectivity index (χ0) is 14.5. The number of nitrogens with one attached hydrogen (secondary N) is 1. The number of amidine groups is 1. The molecule has 1 heterocycles. The average Bonchev–Trinajstić information content (AvgIpc) is 2.43. The highest BCUT2D eigenvalue weighted by Crippen LogP contribution is 2.15. The van der Waals surface area contributed by atoms with E-state index in [4.69, 9.17) is 0 Å². The summed E-state index contributed by atoms with van der Waals surface area (Å²) in [5.41, 5.74) is 1.84. The number of carbonyl (C=O) groups is 2. The summed E-state index contributed by atoms with van der Waals surface area (Å²) in [5.74, 6) is -0.624. The molecule has 0 fully saturated rings. The zero-order valence-corrected chi connectivity index (χ0v) is 11.6. The zero-order valence-electron chi connectivity index (χ0n) is 10.8. The van der Waals surface area contributed by atoms with Crippen molar-refractivity contribution in [2.75, 3.05) is 11.1 Å². The fourth-order valence-electron chi connectivity index (χ4n) is 1.34. The van der Waals surface area contributed by atoms with Crippen LogP contribution in [0.15, 0.2) is 51.8 Å². The summed E-state index contributed by atoms with van der Waals surface area (Å²) < 4.78 is 0. The summed E-state index contributed by atoms with van der Waals surface area (Å²) in [4.78, 5) is 26.6. The third-order valence-corrected chi connectivity index (χ3v) is 3.21. The molecule has 0 aromatic heterocycles. The lowest BCUT2D eigenvalue weighted by atomic mass is 10.2. The van der Waals surface area contributed by atoms with Gasteiger partial charge < -0.3 is 5.32 Å². The minimum Gasteiger partial charge on any atom is -0.325 e. The molecule has 1 aromatic carbocycles. The van der Waals surface area contributed by atoms with Gasteiger partial charge in [-0.2, -0.15) is 4.99 Å². The number of anilines is 1. The maximum absolute atomic E-state index is 11.7. The molecule has 0 bridgehead atoms. The molecule has 7 heteroatoms. The molecule has 20 heavy (non-hydrogen) atoms. The second-order valence-electron chi connectivity index (χ2n) is 4.05. The maximum Gasteiger partial charge on any atom is 0.299 e. The Kier molecular flexibility index (Phi) is 4.41. The summed E-state index contributed by atoms with van der Waals surface area (Å²) in [5, 5.41) is 10.2. The molecule has 0 spiro atoms. The van der Waals surface area contributed by atoms with Gasteiger partial charge in [-0.3, -0.25) is 9.59 Å². The number of carbonyl (C=O) groups excluding carboxylic acids is 2. The first-order valence-corrected chi connectivity index (χ1v) is 6.76. The van der Waals surface area contributed by atoms with E-state index in [2.05, 4.69) is 27.1 Å². The van der Waals surface area contributed by atoms with Crippen molar-refractivity contribution in [1.82, 2.24) is 0 Å². The fraction of sp³-hybridized carbons (Fsp3) is 0.154. The number of nitrogens with zero attached hydrogens (tertiary/aromatic N) is 3. The highest BCUT2D eigenvalue weighted by Gasteiger charge is 2.14. The Labute approximate surface area is 120 Å². The van der Waals surface area contributed by atoms with Gasteiger partial charge in [-0.15, -0.1) is 10.2 Å². The van der Waals surface area contributed by atoms with Crippen molar-refractivity contribution in [1.29, 1.82) is 0 Å². The lowest BCUT2D eigenvalue weighted by Gasteiger charge is -2.06. The number of thioether (sulfide) groups is 1. The van der Waals surface area contributed by atoms with Crippen LogP contribution in [0, 0.1) is 6.92 Å². The second-order valence-corrected chi connectivity index (χ2v) is 4.99. The van der Waals surface area contributed by atoms with Gasteiger partial charge in [-0.05, 0) is 19.1 Å². The van der Waals surface area contributed by atoms with Gasteiger partial charge in [0, 0.05) is 5.69 Å². The largest absolute Gasteiger partial charge is 0.325 e. The first-order valence-electron chi connectivity index (χ1n) is 5.77. The summed E-state index contributed by atoms with van der Waals surface area (Å²) in [7, 11) is 0. The molecule has 102 valence electrons. The molecular weight excluding hydrogens is 276 g/mol. The Balaban J connectivity index is 1.85. The first-order chi connectivity index (χ1) is 9.54. The van der Waals surface area contributed by atoms with Crippen molar-refractivity contribution in [3.8, 4) is 0 Å². The van der Waals surface area contributed by atoms with Gasteiger partial charge in [0.15, 0.2) is 0 Å². The van der Waals surface area contributed by atoms with Crippen LogP contribution in [-0.2, 0) is 9.59 Å². The monoisotopic (exact) mass is 288 g/mol. The van der Waals surface area contributed by atoms with Crippen LogP contribution in [-0.4, -0.2) is 22.7 Å². The van der Waals surface area contributed by atoms with Crippen LogP contribution in [0.5, 0.6) is 0 Å². The number of hydrogen-bond acceptors (Lipinski definition) is 5. The van der Waals surface area contributed by atoms with E-state index in [9.17, 15) is 9.59 Å². The lowest BCUT2D eigenvalue weighted by molar-refractivity contribution is -0.115. The number of hydrogen-bond donors (Lipinski definition) is 1. The minimum atomic E-state index is -0.526. The molecule has 0 unspecified atom stereocenters. The molecule has 0 radical (unpaired) electrons. The van der Waals surface area contributed by atoms with E-state index in [1.54, 1.807) is 0 Å². The third-order valence-electron chi connectivity index (χ3n) is 2.37. The van der Waals surface area contributed by atoms with E-state index in [1.165, 1.54) is 0 Å². The Morgan fingerprint density at radius 1 is 1.30 bits per heavy atom. The number of rotatable bonds is 3. The molecule has 0 aliphatic carbocycles. The Hall–Kier alpha value is -2.28. The van der Waals surface area contributed by atoms with Gasteiger partial charge in [0.1, 0.15) is 5.70 Å². The summed E-state index contributed by atoms with van der Waals surface area (Å²) >= 11 is 1.05. The van der Waals surface area contributed by atoms with E-state index in [0.717, 1.165) is 23.0 Å². The number of aliphatic imine (C=N–C) groups is 1. The fourth-order valence-corrected chi connectivity index (χ4v) is 1.92. The van der Waals surface area contributed by atoms with Crippen molar-refractivity contribution in [2.45, 2.75) is 6.92 Å². The quantitative estimate of drug-likeness (QED) is 0.867. The molecule has 0 atom stereocenters. The molecule has 6 nitrogen and oxygen atoms in total. The van der Waals surface area contributed by atoms with Gasteiger partial charge in [-0.1, -0.05) is 36.0 Å². The van der Waals surface area contributed by atoms with Gasteiger partial charge in [-0.25, -0.2) is 0 Å². The SMILES string of the molecule is C=C1N=NC(SCC(=O)Nc2ccc(C)cc2)=NC1=O. The van der Waals surface area contributed by atoms with Crippen molar-refractivity contribution in [3.05, 3.63) is 42.1 Å². The van der Waals surface area contributed by atoms with E-state index in [0.29, 0.717) is 0 Å². The topological polar surface area (TPSA) is 83.2 Å². The maximum atomic E-state index is 11.7. The Morgan fingerprint density at radius 2 is 2.00 bits per heavy atom. The molecule has 1 N–H and O–H groups in total. The van der Waals surface area contributed by atoms with Crippen molar-refractivity contribution in [2.24, 2.45) is 15.2 Å². The highest BCUT2D eigenvalue weighted by molar-refractivity contribution is 8.14. The van der Waals surface area contributed by atoms with Crippen LogP contribution in [0.1, 0.15) is 5.56 Å². The number of aryl methyl sites for hydroxylation is 1. The molecule has 2 amide bonds. The van der Waals surface area contributed by atoms with Crippen LogP contribution in [0.25, 0.3) is 0 Å². The molecule has 1 aliphatic heterocycles. The Bertz CT molecular complexity index is 620. The van der Waals surface area contributed by atoms with E-state index in [-0.39, 0.29) is 22.5 Å². The Morgan fingerprint density at radius 3 is 2.65 bits per heavy atom. The van der Waals surface area contributed by atoms with Crippen molar-refractivity contribution >= 4 is 34.4 Å². The predicted molar refractivity (Wildman–Crippen MR) is 78.7 cm³/mol. The summed E-state index contributed by atoms with van der Waals surface area (Å²) in [6.07, 6.45) is 0. The lowest BCUT2D eigenvalue weighted by Crippen LogP contribution is -2.15. The van der Waals surface area contributed by atoms with E-state index >= 15 is 0 Å². The second kappa shape index (κ2) is 6.25. The third kappa shape index (κ3) is 3.86. The van der Waals surface area contributed by atoms with Crippen molar-refractivity contribution < 1.29 is 9.59 Å². The predicted octanol–water partition coefficient (Wildman–Crippen LogP) is 2.53. The van der Waals surface area contributed by atoms with Gasteiger partial charge >= 0.3 is 0 Å².